The summed E-state index contributed by atoms with van der Waals surface area (Å²) in [7, 11) is 0. The molecule has 3 N–H and O–H groups in total. The largest absolute Gasteiger partial charge is 0.471 e. The van der Waals surface area contributed by atoms with E-state index in [1.165, 1.54) is 5.56 Å². The van der Waals surface area contributed by atoms with Crippen LogP contribution in [0.4, 0.5) is 4.79 Å². The maximum atomic E-state index is 11.7. The highest BCUT2D eigenvalue weighted by Crippen LogP contribution is 2.19. The molecule has 2 amide bonds. The minimum Gasteiger partial charge on any atom is -0.471 e. The quantitative estimate of drug-likeness (QED) is 0.677. The van der Waals surface area contributed by atoms with Gasteiger partial charge in [-0.05, 0) is 37.0 Å². The van der Waals surface area contributed by atoms with Crippen molar-refractivity contribution in [3.8, 4) is 5.75 Å². The average molecular weight is 294 g/mol. The first-order valence-corrected chi connectivity index (χ1v) is 7.40. The molecule has 0 aliphatic heterocycles. The van der Waals surface area contributed by atoms with Crippen molar-refractivity contribution >= 4 is 6.03 Å². The normalized spacial score (nSPS) is 13.6. The zero-order valence-electron chi connectivity index (χ0n) is 13.2. The number of hydrogen-bond donors (Lipinski definition) is 3. The fourth-order valence-electron chi connectivity index (χ4n) is 1.85. The summed E-state index contributed by atoms with van der Waals surface area (Å²) >= 11 is 0. The Labute approximate surface area is 126 Å². The molecule has 0 fully saturated rings. The third kappa shape index (κ3) is 6.04. The lowest BCUT2D eigenvalue weighted by Crippen LogP contribution is -2.48. The molecule has 0 bridgehead atoms. The first-order chi connectivity index (χ1) is 9.96. The van der Waals surface area contributed by atoms with Crippen LogP contribution in [0, 0.1) is 0 Å². The molecule has 0 aliphatic carbocycles. The van der Waals surface area contributed by atoms with Crippen molar-refractivity contribution < 1.29 is 14.6 Å². The molecule has 0 heterocycles. The van der Waals surface area contributed by atoms with E-state index in [1.54, 1.807) is 6.92 Å². The first-order valence-electron chi connectivity index (χ1n) is 7.40. The minimum absolute atomic E-state index is 0.0736. The van der Waals surface area contributed by atoms with Crippen molar-refractivity contribution in [1.82, 2.24) is 10.6 Å². The maximum absolute atomic E-state index is 11.7. The van der Waals surface area contributed by atoms with Gasteiger partial charge in [-0.1, -0.05) is 32.9 Å². The Morgan fingerprint density at radius 1 is 1.19 bits per heavy atom. The van der Waals surface area contributed by atoms with Crippen molar-refractivity contribution in [2.24, 2.45) is 0 Å². The lowest BCUT2D eigenvalue weighted by molar-refractivity contribution is 0.170. The number of ether oxygens (including phenoxy) is 1. The van der Waals surface area contributed by atoms with Gasteiger partial charge in [-0.25, -0.2) is 4.79 Å². The third-order valence-corrected chi connectivity index (χ3v) is 3.24. The van der Waals surface area contributed by atoms with Crippen LogP contribution in [0.2, 0.25) is 0 Å². The summed E-state index contributed by atoms with van der Waals surface area (Å²) in [5.41, 5.74) is 1.24. The molecule has 1 rings (SSSR count). The number of nitrogens with one attached hydrogen (secondary N) is 2. The number of urea groups is 1. The Morgan fingerprint density at radius 2 is 1.81 bits per heavy atom. The standard InChI is InChI=1S/C16H26N2O3/c1-5-14(10-19)18-16(20)17-12(4)21-15-8-6-13(7-9-15)11(2)3/h6-9,11-12,14,19H,5,10H2,1-4H3,(H2,17,18,20). The second kappa shape index (κ2) is 8.52. The Bertz CT molecular complexity index is 428. The molecule has 0 saturated carbocycles. The summed E-state index contributed by atoms with van der Waals surface area (Å²) in [6.07, 6.45) is 0.224. The molecule has 2 atom stereocenters. The summed E-state index contributed by atoms with van der Waals surface area (Å²) in [5, 5.41) is 14.4. The fourth-order valence-corrected chi connectivity index (χ4v) is 1.85. The summed E-state index contributed by atoms with van der Waals surface area (Å²) < 4.78 is 5.63. The Hall–Kier alpha value is -1.75. The van der Waals surface area contributed by atoms with Crippen molar-refractivity contribution in [2.45, 2.75) is 52.3 Å². The van der Waals surface area contributed by atoms with Crippen LogP contribution in [0.1, 0.15) is 45.6 Å². The van der Waals surface area contributed by atoms with Crippen molar-refractivity contribution in [1.29, 1.82) is 0 Å². The van der Waals surface area contributed by atoms with E-state index in [9.17, 15) is 4.79 Å². The summed E-state index contributed by atoms with van der Waals surface area (Å²) in [6.45, 7) is 7.86. The molecule has 0 aromatic heterocycles. The molecule has 0 spiro atoms. The summed E-state index contributed by atoms with van der Waals surface area (Å²) in [4.78, 5) is 11.7. The SMILES string of the molecule is CCC(CO)NC(=O)NC(C)Oc1ccc(C(C)C)cc1. The minimum atomic E-state index is -0.453. The molecule has 0 saturated heterocycles. The molecule has 21 heavy (non-hydrogen) atoms. The van der Waals surface area contributed by atoms with E-state index in [1.807, 2.05) is 31.2 Å². The highest BCUT2D eigenvalue weighted by atomic mass is 16.5. The molecule has 0 aliphatic rings. The number of hydrogen-bond acceptors (Lipinski definition) is 3. The highest BCUT2D eigenvalue weighted by molar-refractivity contribution is 5.74. The van der Waals surface area contributed by atoms with Gasteiger partial charge < -0.3 is 20.5 Å². The summed E-state index contributed by atoms with van der Waals surface area (Å²) in [6, 6.07) is 7.25. The van der Waals surface area contributed by atoms with Crippen molar-refractivity contribution in [3.05, 3.63) is 29.8 Å². The number of carbonyl (C=O) groups is 1. The lowest BCUT2D eigenvalue weighted by atomic mass is 10.0. The van der Waals surface area contributed by atoms with E-state index in [-0.39, 0.29) is 18.7 Å². The molecule has 0 radical (unpaired) electrons. The Kier molecular flexibility index (Phi) is 7.02. The molecule has 2 unspecified atom stereocenters. The molecule has 5 nitrogen and oxygen atoms in total. The highest BCUT2D eigenvalue weighted by Gasteiger charge is 2.12. The van der Waals surface area contributed by atoms with Crippen LogP contribution in [0.5, 0.6) is 5.75 Å². The van der Waals surface area contributed by atoms with Crippen molar-refractivity contribution in [3.63, 3.8) is 0 Å². The van der Waals surface area contributed by atoms with Gasteiger partial charge in [0.15, 0.2) is 6.23 Å². The van der Waals surface area contributed by atoms with Crippen LogP contribution in [0.25, 0.3) is 0 Å². The van der Waals surface area contributed by atoms with Crippen LogP contribution >= 0.6 is 0 Å². The van der Waals surface area contributed by atoms with E-state index in [0.29, 0.717) is 18.1 Å². The lowest BCUT2D eigenvalue weighted by Gasteiger charge is -2.19. The second-order valence-corrected chi connectivity index (χ2v) is 5.39. The van der Waals surface area contributed by atoms with E-state index in [2.05, 4.69) is 24.5 Å². The van der Waals surface area contributed by atoms with Gasteiger partial charge in [0.2, 0.25) is 0 Å². The number of aliphatic hydroxyl groups is 1. The van der Waals surface area contributed by atoms with Crippen LogP contribution < -0.4 is 15.4 Å². The number of benzene rings is 1. The topological polar surface area (TPSA) is 70.6 Å². The molecule has 5 heteroatoms. The van der Waals surface area contributed by atoms with Crippen LogP contribution in [-0.2, 0) is 0 Å². The van der Waals surface area contributed by atoms with Gasteiger partial charge in [0.05, 0.1) is 12.6 Å². The predicted octanol–water partition coefficient (Wildman–Crippen LogP) is 2.60. The Balaban J connectivity index is 2.45. The van der Waals surface area contributed by atoms with Gasteiger partial charge in [0, 0.05) is 0 Å². The van der Waals surface area contributed by atoms with Gasteiger partial charge in [0.25, 0.3) is 0 Å². The van der Waals surface area contributed by atoms with Gasteiger partial charge >= 0.3 is 6.03 Å². The maximum Gasteiger partial charge on any atom is 0.317 e. The van der Waals surface area contributed by atoms with Crippen LogP contribution in [0.15, 0.2) is 24.3 Å². The van der Waals surface area contributed by atoms with E-state index in [4.69, 9.17) is 9.84 Å². The predicted molar refractivity (Wildman–Crippen MR) is 83.5 cm³/mol. The smallest absolute Gasteiger partial charge is 0.317 e. The zero-order chi connectivity index (χ0) is 15.8. The third-order valence-electron chi connectivity index (χ3n) is 3.24. The average Bonchev–Trinajstić information content (AvgIpc) is 2.45. The summed E-state index contributed by atoms with van der Waals surface area (Å²) in [5.74, 6) is 1.19. The molecular weight excluding hydrogens is 268 g/mol. The first kappa shape index (κ1) is 17.3. The van der Waals surface area contributed by atoms with Gasteiger partial charge in [-0.3, -0.25) is 0 Å². The van der Waals surface area contributed by atoms with E-state index < -0.39 is 6.23 Å². The number of rotatable bonds is 7. The monoisotopic (exact) mass is 294 g/mol. The van der Waals surface area contributed by atoms with Crippen molar-refractivity contribution in [2.75, 3.05) is 6.61 Å². The van der Waals surface area contributed by atoms with E-state index >= 15 is 0 Å². The van der Waals surface area contributed by atoms with Crippen LogP contribution in [-0.4, -0.2) is 30.0 Å². The Morgan fingerprint density at radius 3 is 2.29 bits per heavy atom. The van der Waals surface area contributed by atoms with Gasteiger partial charge in [-0.15, -0.1) is 0 Å². The zero-order valence-corrected chi connectivity index (χ0v) is 13.2. The molecule has 1 aromatic rings. The number of aliphatic hydroxyl groups excluding tert-OH is 1. The van der Waals surface area contributed by atoms with Crippen LogP contribution in [0.3, 0.4) is 0 Å². The second-order valence-electron chi connectivity index (χ2n) is 5.39. The molecular formula is C16H26N2O3. The fraction of sp³-hybridized carbons (Fsp3) is 0.562. The van der Waals surface area contributed by atoms with E-state index in [0.717, 1.165) is 0 Å². The van der Waals surface area contributed by atoms with Gasteiger partial charge in [-0.2, -0.15) is 0 Å². The number of carbonyl (C=O) groups excluding carboxylic acids is 1. The molecule has 118 valence electrons. The van der Waals surface area contributed by atoms with Gasteiger partial charge in [0.1, 0.15) is 5.75 Å². The molecule has 1 aromatic carbocycles. The number of amides is 2.